The summed E-state index contributed by atoms with van der Waals surface area (Å²) in [7, 11) is 0. The fourth-order valence-electron chi connectivity index (χ4n) is 3.58. The van der Waals surface area contributed by atoms with Gasteiger partial charge in [-0.15, -0.1) is 0 Å². The summed E-state index contributed by atoms with van der Waals surface area (Å²) >= 11 is 5.73. The van der Waals surface area contributed by atoms with Crippen LogP contribution >= 0.6 is 11.6 Å². The van der Waals surface area contributed by atoms with Crippen molar-refractivity contribution in [3.8, 4) is 0 Å². The van der Waals surface area contributed by atoms with Crippen LogP contribution in [0.3, 0.4) is 0 Å². The number of hydrogen-bond donors (Lipinski definition) is 1. The number of piperidine rings is 1. The molecule has 1 aromatic carbocycles. The van der Waals surface area contributed by atoms with Gasteiger partial charge in [-0.25, -0.2) is 9.18 Å². The quantitative estimate of drug-likeness (QED) is 0.812. The first-order valence-corrected chi connectivity index (χ1v) is 8.03. The third-order valence-corrected chi connectivity index (χ3v) is 5.06. The lowest BCUT2D eigenvalue weighted by molar-refractivity contribution is 0.108. The Morgan fingerprint density at radius 1 is 1.24 bits per heavy atom. The molecule has 5 heteroatoms. The number of fused-ring (bicyclic) bond motifs is 1. The highest BCUT2D eigenvalue weighted by atomic mass is 35.5. The molecule has 0 spiro atoms. The fourth-order valence-corrected chi connectivity index (χ4v) is 3.75. The topological polar surface area (TPSA) is 32.3 Å². The van der Waals surface area contributed by atoms with Crippen molar-refractivity contribution in [2.45, 2.75) is 32.1 Å². The van der Waals surface area contributed by atoms with Crippen molar-refractivity contribution in [1.29, 1.82) is 0 Å². The first kappa shape index (κ1) is 14.6. The normalized spacial score (nSPS) is 25.3. The van der Waals surface area contributed by atoms with Gasteiger partial charge in [0.15, 0.2) is 5.82 Å². The van der Waals surface area contributed by atoms with Crippen molar-refractivity contribution in [3.63, 3.8) is 0 Å². The number of likely N-dealkylation sites (tertiary alicyclic amines) is 1. The van der Waals surface area contributed by atoms with E-state index in [1.165, 1.54) is 37.8 Å². The van der Waals surface area contributed by atoms with Crippen molar-refractivity contribution in [2.24, 2.45) is 11.8 Å². The number of nitrogens with one attached hydrogen (secondary N) is 1. The number of benzene rings is 1. The monoisotopic (exact) mass is 310 g/mol. The van der Waals surface area contributed by atoms with Gasteiger partial charge in [-0.2, -0.15) is 0 Å². The van der Waals surface area contributed by atoms with E-state index < -0.39 is 5.82 Å². The third kappa shape index (κ3) is 3.15. The molecule has 1 saturated heterocycles. The molecule has 2 aliphatic rings. The van der Waals surface area contributed by atoms with Crippen LogP contribution in [-0.4, -0.2) is 24.0 Å². The standard InChI is InChI=1S/C16H20ClFN2O/c17-13-6-3-7-14(15(13)18)19-16(21)20-9-8-11-4-1-2-5-12(11)10-20/h3,6-7,11-12H,1-2,4-5,8-10H2,(H,19,21)/t11-,12-/m1/s1. The maximum Gasteiger partial charge on any atom is 0.321 e. The number of amides is 2. The number of nitrogens with zero attached hydrogens (tertiary/aromatic N) is 1. The van der Waals surface area contributed by atoms with Crippen LogP contribution in [0.25, 0.3) is 0 Å². The molecule has 0 radical (unpaired) electrons. The second kappa shape index (κ2) is 6.22. The number of hydrogen-bond acceptors (Lipinski definition) is 1. The van der Waals surface area contributed by atoms with Gasteiger partial charge >= 0.3 is 6.03 Å². The molecular formula is C16H20ClFN2O. The molecule has 0 bridgehead atoms. The third-order valence-electron chi connectivity index (χ3n) is 4.77. The van der Waals surface area contributed by atoms with Gasteiger partial charge in [0.1, 0.15) is 0 Å². The molecule has 1 heterocycles. The number of urea groups is 1. The van der Waals surface area contributed by atoms with Gasteiger partial charge in [0.2, 0.25) is 0 Å². The van der Waals surface area contributed by atoms with E-state index >= 15 is 0 Å². The molecule has 1 saturated carbocycles. The molecule has 3 rings (SSSR count). The van der Waals surface area contributed by atoms with Crippen molar-refractivity contribution in [2.75, 3.05) is 18.4 Å². The van der Waals surface area contributed by atoms with Gasteiger partial charge in [0.05, 0.1) is 10.7 Å². The van der Waals surface area contributed by atoms with Gasteiger partial charge < -0.3 is 10.2 Å². The van der Waals surface area contributed by atoms with E-state index in [-0.39, 0.29) is 16.7 Å². The Kier molecular flexibility index (Phi) is 4.34. The van der Waals surface area contributed by atoms with Gasteiger partial charge in [-0.1, -0.05) is 36.9 Å². The molecule has 2 amide bonds. The highest BCUT2D eigenvalue weighted by Gasteiger charge is 2.33. The minimum atomic E-state index is -0.569. The lowest BCUT2D eigenvalue weighted by Gasteiger charge is -2.41. The van der Waals surface area contributed by atoms with Gasteiger partial charge in [0.25, 0.3) is 0 Å². The van der Waals surface area contributed by atoms with Crippen LogP contribution < -0.4 is 5.32 Å². The van der Waals surface area contributed by atoms with E-state index in [0.29, 0.717) is 5.92 Å². The fraction of sp³-hybridized carbons (Fsp3) is 0.562. The Balaban J connectivity index is 1.64. The van der Waals surface area contributed by atoms with Crippen molar-refractivity contribution >= 4 is 23.3 Å². The maximum atomic E-state index is 13.8. The minimum absolute atomic E-state index is 0.0267. The molecule has 0 unspecified atom stereocenters. The van der Waals surface area contributed by atoms with Crippen molar-refractivity contribution in [3.05, 3.63) is 29.0 Å². The van der Waals surface area contributed by atoms with E-state index in [1.54, 1.807) is 6.07 Å². The van der Waals surface area contributed by atoms with E-state index in [0.717, 1.165) is 25.4 Å². The largest absolute Gasteiger partial charge is 0.324 e. The first-order chi connectivity index (χ1) is 10.1. The molecular weight excluding hydrogens is 291 g/mol. The summed E-state index contributed by atoms with van der Waals surface area (Å²) in [5.74, 6) is 0.813. The van der Waals surface area contributed by atoms with Gasteiger partial charge in [-0.05, 0) is 36.8 Å². The predicted octanol–water partition coefficient (Wildman–Crippen LogP) is 4.52. The number of carbonyl (C=O) groups excluding carboxylic acids is 1. The molecule has 0 aromatic heterocycles. The highest BCUT2D eigenvalue weighted by molar-refractivity contribution is 6.31. The number of rotatable bonds is 1. The van der Waals surface area contributed by atoms with Crippen LogP contribution in [0, 0.1) is 17.7 Å². The van der Waals surface area contributed by atoms with E-state index in [4.69, 9.17) is 11.6 Å². The lowest BCUT2D eigenvalue weighted by atomic mass is 9.75. The summed E-state index contributed by atoms with van der Waals surface area (Å²) in [6.07, 6.45) is 6.15. The molecule has 21 heavy (non-hydrogen) atoms. The SMILES string of the molecule is O=C(Nc1cccc(Cl)c1F)N1CC[C@H]2CCCC[C@@H]2C1. The Morgan fingerprint density at radius 3 is 2.81 bits per heavy atom. The first-order valence-electron chi connectivity index (χ1n) is 7.65. The van der Waals surface area contributed by atoms with Gasteiger partial charge in [0, 0.05) is 13.1 Å². The Bertz CT molecular complexity index is 537. The molecule has 1 aromatic rings. The van der Waals surface area contributed by atoms with Crippen molar-refractivity contribution < 1.29 is 9.18 Å². The summed E-state index contributed by atoms with van der Waals surface area (Å²) in [5, 5.41) is 2.67. The molecule has 3 nitrogen and oxygen atoms in total. The molecule has 1 aliphatic heterocycles. The Labute approximate surface area is 129 Å². The predicted molar refractivity (Wildman–Crippen MR) is 82.1 cm³/mol. The zero-order valence-electron chi connectivity index (χ0n) is 11.9. The second-order valence-corrected chi connectivity index (χ2v) is 6.48. The number of anilines is 1. The summed E-state index contributed by atoms with van der Waals surface area (Å²) in [6.45, 7) is 1.55. The summed E-state index contributed by atoms with van der Waals surface area (Å²) in [4.78, 5) is 14.1. The average molecular weight is 311 g/mol. The lowest BCUT2D eigenvalue weighted by Crippen LogP contribution is -2.46. The Hall–Kier alpha value is -1.29. The van der Waals surface area contributed by atoms with Crippen LogP contribution in [0.4, 0.5) is 14.9 Å². The summed E-state index contributed by atoms with van der Waals surface area (Å²) < 4.78 is 13.8. The molecule has 1 N–H and O–H groups in total. The van der Waals surface area contributed by atoms with E-state index in [9.17, 15) is 9.18 Å². The zero-order valence-corrected chi connectivity index (χ0v) is 12.7. The number of carbonyl (C=O) groups is 1. The van der Waals surface area contributed by atoms with Crippen LogP contribution in [0.1, 0.15) is 32.1 Å². The van der Waals surface area contributed by atoms with E-state index in [2.05, 4.69) is 5.32 Å². The average Bonchev–Trinajstić information content (AvgIpc) is 2.51. The molecule has 1 aliphatic carbocycles. The minimum Gasteiger partial charge on any atom is -0.324 e. The number of halogens is 2. The van der Waals surface area contributed by atoms with E-state index in [1.807, 2.05) is 4.90 Å². The van der Waals surface area contributed by atoms with Gasteiger partial charge in [-0.3, -0.25) is 0 Å². The summed E-state index contributed by atoms with van der Waals surface area (Å²) in [5.41, 5.74) is 0.151. The summed E-state index contributed by atoms with van der Waals surface area (Å²) in [6, 6.07) is 4.42. The van der Waals surface area contributed by atoms with Crippen LogP contribution in [0.2, 0.25) is 5.02 Å². The van der Waals surface area contributed by atoms with Crippen LogP contribution in [-0.2, 0) is 0 Å². The van der Waals surface area contributed by atoms with Crippen molar-refractivity contribution in [1.82, 2.24) is 4.90 Å². The second-order valence-electron chi connectivity index (χ2n) is 6.07. The smallest absolute Gasteiger partial charge is 0.321 e. The molecule has 2 fully saturated rings. The molecule has 114 valence electrons. The zero-order chi connectivity index (χ0) is 14.8. The maximum absolute atomic E-state index is 13.8. The molecule has 2 atom stereocenters. The van der Waals surface area contributed by atoms with Crippen LogP contribution in [0.15, 0.2) is 18.2 Å². The van der Waals surface area contributed by atoms with Crippen LogP contribution in [0.5, 0.6) is 0 Å². The Morgan fingerprint density at radius 2 is 2.00 bits per heavy atom. The highest BCUT2D eigenvalue weighted by Crippen LogP contribution is 2.36.